The highest BCUT2D eigenvalue weighted by Crippen LogP contribution is 2.36. The number of hydrogen-bond acceptors (Lipinski definition) is 3. The molecule has 1 N–H and O–H groups in total. The lowest BCUT2D eigenvalue weighted by atomic mass is 10.0. The number of nitrogens with one attached hydrogen (secondary N) is 1. The molecule has 7 heteroatoms. The predicted octanol–water partition coefficient (Wildman–Crippen LogP) is 6.20. The molecule has 0 radical (unpaired) electrons. The smallest absolute Gasteiger partial charge is 0.416 e. The van der Waals surface area contributed by atoms with E-state index in [1.54, 1.807) is 6.92 Å². The summed E-state index contributed by atoms with van der Waals surface area (Å²) in [4.78, 5) is 0. The summed E-state index contributed by atoms with van der Waals surface area (Å²) >= 11 is 5.02. The Bertz CT molecular complexity index is 850. The molecule has 0 saturated carbocycles. The average Bonchev–Trinajstić information content (AvgIpc) is 2.62. The highest BCUT2D eigenvalue weighted by atomic mass is 32.1. The van der Waals surface area contributed by atoms with Crippen molar-refractivity contribution in [2.45, 2.75) is 46.9 Å². The van der Waals surface area contributed by atoms with Crippen LogP contribution in [0, 0.1) is 13.8 Å². The van der Waals surface area contributed by atoms with E-state index in [-0.39, 0.29) is 23.0 Å². The molecule has 0 aromatic heterocycles. The molecule has 28 heavy (non-hydrogen) atoms. The number of hydrogen-bond donors (Lipinski definition) is 1. The lowest BCUT2D eigenvalue weighted by molar-refractivity contribution is -0.138. The van der Waals surface area contributed by atoms with E-state index < -0.39 is 11.7 Å². The maximum Gasteiger partial charge on any atom is 0.416 e. The predicted molar refractivity (Wildman–Crippen MR) is 109 cm³/mol. The van der Waals surface area contributed by atoms with Gasteiger partial charge in [-0.15, -0.1) is 0 Å². The summed E-state index contributed by atoms with van der Waals surface area (Å²) < 4.78 is 51.5. The van der Waals surface area contributed by atoms with Crippen molar-refractivity contribution in [2.75, 3.05) is 11.9 Å². The summed E-state index contributed by atoms with van der Waals surface area (Å²) in [5, 5.41) is 2.75. The lowest BCUT2D eigenvalue weighted by Crippen LogP contribution is -2.18. The van der Waals surface area contributed by atoms with Crippen molar-refractivity contribution in [1.82, 2.24) is 0 Å². The second kappa shape index (κ2) is 9.28. The summed E-state index contributed by atoms with van der Waals surface area (Å²) in [6.45, 7) is 7.71. The average molecular weight is 411 g/mol. The fourth-order valence-corrected chi connectivity index (χ4v) is 3.17. The molecule has 0 fully saturated rings. The van der Waals surface area contributed by atoms with E-state index in [4.69, 9.17) is 21.7 Å². The third kappa shape index (κ3) is 5.38. The zero-order valence-corrected chi connectivity index (χ0v) is 17.2. The first kappa shape index (κ1) is 22.0. The maximum absolute atomic E-state index is 13.5. The molecule has 2 aromatic rings. The number of alkyl halides is 3. The Labute approximate surface area is 168 Å². The molecule has 0 atom stereocenters. The molecule has 0 bridgehead atoms. The summed E-state index contributed by atoms with van der Waals surface area (Å²) in [5.74, 6) is 0.560. The fourth-order valence-electron chi connectivity index (χ4n) is 2.94. The van der Waals surface area contributed by atoms with Crippen LogP contribution in [0.25, 0.3) is 0 Å². The Balaban J connectivity index is 2.37. The van der Waals surface area contributed by atoms with Crippen LogP contribution in [0.1, 0.15) is 41.7 Å². The molecule has 0 aliphatic carbocycles. The molecular formula is C21H24F3NO2S. The van der Waals surface area contributed by atoms with E-state index in [0.29, 0.717) is 12.4 Å². The quantitative estimate of drug-likeness (QED) is 0.574. The second-order valence-corrected chi connectivity index (χ2v) is 6.73. The molecule has 0 aliphatic heterocycles. The monoisotopic (exact) mass is 411 g/mol. The first-order valence-electron chi connectivity index (χ1n) is 9.03. The van der Waals surface area contributed by atoms with Crippen LogP contribution >= 0.6 is 12.2 Å². The molecule has 0 aliphatic rings. The first-order valence-corrected chi connectivity index (χ1v) is 9.43. The van der Waals surface area contributed by atoms with Crippen molar-refractivity contribution in [1.29, 1.82) is 0 Å². The number of benzene rings is 2. The van der Waals surface area contributed by atoms with E-state index in [1.165, 1.54) is 17.7 Å². The summed E-state index contributed by atoms with van der Waals surface area (Å²) in [6.07, 6.45) is -3.63. The lowest BCUT2D eigenvalue weighted by Gasteiger charge is -2.19. The van der Waals surface area contributed by atoms with Crippen molar-refractivity contribution in [3.8, 4) is 5.75 Å². The van der Waals surface area contributed by atoms with Gasteiger partial charge < -0.3 is 14.8 Å². The minimum Gasteiger partial charge on any atom is -0.489 e. The van der Waals surface area contributed by atoms with E-state index in [2.05, 4.69) is 12.2 Å². The summed E-state index contributed by atoms with van der Waals surface area (Å²) in [7, 11) is 0. The number of ether oxygens (including phenoxy) is 2. The van der Waals surface area contributed by atoms with Crippen molar-refractivity contribution >= 4 is 23.1 Å². The zero-order valence-electron chi connectivity index (χ0n) is 16.4. The molecule has 2 aromatic carbocycles. The molecule has 0 heterocycles. The van der Waals surface area contributed by atoms with Crippen LogP contribution in [0.15, 0.2) is 30.3 Å². The van der Waals surface area contributed by atoms with Gasteiger partial charge >= 0.3 is 6.18 Å². The van der Waals surface area contributed by atoms with E-state index in [9.17, 15) is 13.2 Å². The van der Waals surface area contributed by atoms with Gasteiger partial charge in [0.1, 0.15) is 12.4 Å². The number of halogens is 3. The number of anilines is 1. The molecular weight excluding hydrogens is 387 g/mol. The van der Waals surface area contributed by atoms with Gasteiger partial charge in [-0.3, -0.25) is 0 Å². The molecule has 152 valence electrons. The number of thiocarbonyl (C=S) groups is 1. The Morgan fingerprint density at radius 3 is 2.43 bits per heavy atom. The highest BCUT2D eigenvalue weighted by molar-refractivity contribution is 7.80. The summed E-state index contributed by atoms with van der Waals surface area (Å²) in [5.41, 5.74) is 2.54. The van der Waals surface area contributed by atoms with Gasteiger partial charge in [0.2, 0.25) is 0 Å². The van der Waals surface area contributed by atoms with Gasteiger partial charge in [0.15, 0.2) is 0 Å². The van der Waals surface area contributed by atoms with Gasteiger partial charge in [-0.25, -0.2) is 0 Å². The van der Waals surface area contributed by atoms with Crippen molar-refractivity contribution in [3.05, 3.63) is 58.1 Å². The standard InChI is InChI=1S/C21H24F3NO2S/c1-5-15-10-14(4)19(11-13(15)3)27-12-16-17(21(22,23)24)8-7-9-18(16)25-20(28)26-6-2/h7-11H,5-6,12H2,1-4H3,(H,25,28). The van der Waals surface area contributed by atoms with Gasteiger partial charge in [0.05, 0.1) is 12.2 Å². The van der Waals surface area contributed by atoms with Crippen LogP contribution in [-0.2, 0) is 23.9 Å². The SMILES string of the molecule is CCOC(=S)Nc1cccc(C(F)(F)F)c1COc1cc(C)c(CC)cc1C. The van der Waals surface area contributed by atoms with Crippen LogP contribution in [0.4, 0.5) is 18.9 Å². The first-order chi connectivity index (χ1) is 13.2. The van der Waals surface area contributed by atoms with Crippen LogP contribution in [0.3, 0.4) is 0 Å². The Morgan fingerprint density at radius 2 is 1.82 bits per heavy atom. The van der Waals surface area contributed by atoms with E-state index in [0.717, 1.165) is 23.6 Å². The van der Waals surface area contributed by atoms with Crippen LogP contribution in [0.2, 0.25) is 0 Å². The van der Waals surface area contributed by atoms with Crippen molar-refractivity contribution in [2.24, 2.45) is 0 Å². The van der Waals surface area contributed by atoms with Crippen LogP contribution < -0.4 is 10.1 Å². The Kier molecular flexibility index (Phi) is 7.29. The third-order valence-corrected chi connectivity index (χ3v) is 4.60. The number of rotatable bonds is 6. The maximum atomic E-state index is 13.5. The Hall–Kier alpha value is -2.28. The zero-order chi connectivity index (χ0) is 20.9. The molecule has 0 amide bonds. The topological polar surface area (TPSA) is 30.5 Å². The minimum absolute atomic E-state index is 0.0161. The highest BCUT2D eigenvalue weighted by Gasteiger charge is 2.34. The molecule has 0 saturated heterocycles. The van der Waals surface area contributed by atoms with Gasteiger partial charge in [0, 0.05) is 11.3 Å². The molecule has 0 spiro atoms. The summed E-state index contributed by atoms with van der Waals surface area (Å²) in [6, 6.07) is 7.75. The van der Waals surface area contributed by atoms with Gasteiger partial charge in [0.25, 0.3) is 5.17 Å². The van der Waals surface area contributed by atoms with Gasteiger partial charge in [-0.05, 0) is 74.3 Å². The molecule has 3 nitrogen and oxygen atoms in total. The normalized spacial score (nSPS) is 11.2. The Morgan fingerprint density at radius 1 is 1.11 bits per heavy atom. The fraction of sp³-hybridized carbons (Fsp3) is 0.381. The molecule has 0 unspecified atom stereocenters. The largest absolute Gasteiger partial charge is 0.489 e. The molecule has 2 rings (SSSR count). The van der Waals surface area contributed by atoms with E-state index in [1.807, 2.05) is 26.0 Å². The van der Waals surface area contributed by atoms with E-state index >= 15 is 0 Å². The van der Waals surface area contributed by atoms with Crippen molar-refractivity contribution in [3.63, 3.8) is 0 Å². The minimum atomic E-state index is -4.51. The second-order valence-electron chi connectivity index (χ2n) is 6.36. The number of aryl methyl sites for hydroxylation is 3. The van der Waals surface area contributed by atoms with Gasteiger partial charge in [-0.2, -0.15) is 13.2 Å². The third-order valence-electron chi connectivity index (χ3n) is 4.38. The van der Waals surface area contributed by atoms with Crippen LogP contribution in [0.5, 0.6) is 5.75 Å². The van der Waals surface area contributed by atoms with Gasteiger partial charge in [-0.1, -0.05) is 19.1 Å². The van der Waals surface area contributed by atoms with Crippen LogP contribution in [-0.4, -0.2) is 11.8 Å². The van der Waals surface area contributed by atoms with Crippen molar-refractivity contribution < 1.29 is 22.6 Å².